The third-order valence-corrected chi connectivity index (χ3v) is 25.4. The van der Waals surface area contributed by atoms with Gasteiger partial charge in [-0.15, -0.1) is 0 Å². The molecule has 0 bridgehead atoms. The van der Waals surface area contributed by atoms with Crippen LogP contribution in [0, 0.1) is 5.92 Å². The second kappa shape index (κ2) is 23.0. The first-order chi connectivity index (χ1) is 44.1. The molecule has 5 heteroatoms. The van der Waals surface area contributed by atoms with E-state index in [2.05, 4.69) is 366 Å². The fraction of sp³-hybridized carbons (Fsp3) is 0.241. The largest absolute Gasteiger partial charge is 0.338 e. The third kappa shape index (κ3) is 10.5. The van der Waals surface area contributed by atoms with Crippen molar-refractivity contribution in [3.63, 3.8) is 0 Å². The van der Waals surface area contributed by atoms with E-state index in [4.69, 9.17) is 0 Å². The molecule has 1 saturated carbocycles. The fourth-order valence-corrected chi connectivity index (χ4v) is 20.6. The van der Waals surface area contributed by atoms with Crippen molar-refractivity contribution < 1.29 is 0 Å². The zero-order chi connectivity index (χ0) is 64.1. The van der Waals surface area contributed by atoms with E-state index in [1.807, 2.05) is 0 Å². The summed E-state index contributed by atoms with van der Waals surface area (Å²) in [6.45, 7) is 30.4. The summed E-state index contributed by atoms with van der Waals surface area (Å²) in [5, 5.41) is 5.62. The van der Waals surface area contributed by atoms with Gasteiger partial charge in [0, 0.05) is 57.0 Å². The number of fused-ring (bicyclic) bond motifs is 4. The maximum absolute atomic E-state index is 3.37. The molecular formula is C87H88BN3Si. The van der Waals surface area contributed by atoms with Crippen LogP contribution < -0.4 is 51.8 Å². The third-order valence-electron chi connectivity index (χ3n) is 20.6. The molecule has 2 aliphatic heterocycles. The van der Waals surface area contributed by atoms with Gasteiger partial charge < -0.3 is 14.7 Å². The van der Waals surface area contributed by atoms with Crippen LogP contribution in [0.3, 0.4) is 0 Å². The van der Waals surface area contributed by atoms with Crippen LogP contribution in [0.5, 0.6) is 0 Å². The number of benzene rings is 11. The molecule has 11 aromatic carbocycles. The smallest absolute Gasteiger partial charge is 0.246 e. The molecule has 92 heavy (non-hydrogen) atoms. The summed E-state index contributed by atoms with van der Waals surface area (Å²) in [6.07, 6.45) is 2.35. The van der Waals surface area contributed by atoms with Crippen LogP contribution in [0.15, 0.2) is 261 Å². The summed E-state index contributed by atoms with van der Waals surface area (Å²) in [5.41, 5.74) is 23.5. The summed E-state index contributed by atoms with van der Waals surface area (Å²) in [4.78, 5) is 7.99. The Labute approximate surface area is 550 Å². The molecule has 0 radical (unpaired) electrons. The first-order valence-corrected chi connectivity index (χ1v) is 35.6. The van der Waals surface area contributed by atoms with Crippen molar-refractivity contribution in [2.24, 2.45) is 5.92 Å². The number of hydrogen-bond acceptors (Lipinski definition) is 3. The van der Waals surface area contributed by atoms with Gasteiger partial charge in [0.05, 0.1) is 5.69 Å². The molecule has 11 aromatic rings. The van der Waals surface area contributed by atoms with E-state index in [0.29, 0.717) is 12.0 Å². The molecular weight excluding hydrogens is 1130 g/mol. The molecule has 2 heterocycles. The van der Waals surface area contributed by atoms with Gasteiger partial charge >= 0.3 is 0 Å². The average Bonchev–Trinajstić information content (AvgIpc) is 0.673. The summed E-state index contributed by atoms with van der Waals surface area (Å²) in [7, 11) is -3.37. The highest BCUT2D eigenvalue weighted by molar-refractivity contribution is 7.26. The lowest BCUT2D eigenvalue weighted by atomic mass is 9.34. The highest BCUT2D eigenvalue weighted by Gasteiger charge is 2.54. The monoisotopic (exact) mass is 1210 g/mol. The Morgan fingerprint density at radius 2 is 0.804 bits per heavy atom. The van der Waals surface area contributed by atoms with Crippen molar-refractivity contribution in [3.05, 3.63) is 283 Å². The van der Waals surface area contributed by atoms with Crippen molar-refractivity contribution >= 4 is 97.4 Å². The maximum Gasteiger partial charge on any atom is 0.246 e. The topological polar surface area (TPSA) is 9.72 Å². The SMILES string of the molecule is C[C@H]1CCC1N(c1ccc(C(C)(C)C)cc1)c1ccc2c(c1)N(c1c(-c3ccccc3)cccc1-c1ccccc1)c1cc(C(C)(C)C)cc3c1B2c1ccc(N(c2ccc(C(C)(C)C)cc2)c2ccc(C(C)(C)C)cc2)cc1[Si]3(c1ccccc1)c1ccccc1. The zero-order valence-corrected chi connectivity index (χ0v) is 57.3. The minimum atomic E-state index is -3.37. The first-order valence-electron chi connectivity index (χ1n) is 33.6. The van der Waals surface area contributed by atoms with Crippen LogP contribution in [-0.4, -0.2) is 20.8 Å². The first kappa shape index (κ1) is 60.7. The number of rotatable bonds is 11. The maximum atomic E-state index is 2.76. The van der Waals surface area contributed by atoms with E-state index >= 15 is 0 Å². The van der Waals surface area contributed by atoms with Gasteiger partial charge in [0.15, 0.2) is 8.07 Å². The number of anilines is 8. The van der Waals surface area contributed by atoms with Gasteiger partial charge in [0.2, 0.25) is 6.71 Å². The molecule has 0 aromatic heterocycles. The molecule has 3 aliphatic rings. The molecule has 0 N–H and O–H groups in total. The Hall–Kier alpha value is -8.90. The quantitative estimate of drug-likeness (QED) is 0.120. The molecule has 0 amide bonds. The fourth-order valence-electron chi connectivity index (χ4n) is 15.2. The molecule has 1 fully saturated rings. The predicted molar refractivity (Wildman–Crippen MR) is 401 cm³/mol. The molecule has 1 aliphatic carbocycles. The molecule has 0 spiro atoms. The van der Waals surface area contributed by atoms with Crippen LogP contribution in [0.4, 0.5) is 45.5 Å². The normalized spacial score (nSPS) is 15.8. The predicted octanol–water partition coefficient (Wildman–Crippen LogP) is 18.6. The van der Waals surface area contributed by atoms with Crippen molar-refractivity contribution in [1.29, 1.82) is 0 Å². The summed E-state index contributed by atoms with van der Waals surface area (Å²) >= 11 is 0. The van der Waals surface area contributed by atoms with E-state index in [1.54, 1.807) is 0 Å². The minimum Gasteiger partial charge on any atom is -0.338 e. The van der Waals surface area contributed by atoms with E-state index < -0.39 is 8.07 Å². The van der Waals surface area contributed by atoms with Gasteiger partial charge in [0.1, 0.15) is 0 Å². The molecule has 2 atom stereocenters. The highest BCUT2D eigenvalue weighted by Crippen LogP contribution is 2.50. The van der Waals surface area contributed by atoms with Gasteiger partial charge in [-0.1, -0.05) is 290 Å². The lowest BCUT2D eigenvalue weighted by Gasteiger charge is -2.49. The summed E-state index contributed by atoms with van der Waals surface area (Å²) in [6, 6.07) is 102. The zero-order valence-electron chi connectivity index (χ0n) is 56.3. The van der Waals surface area contributed by atoms with Gasteiger partial charge in [0.25, 0.3) is 0 Å². The Morgan fingerprint density at radius 1 is 0.370 bits per heavy atom. The Morgan fingerprint density at radius 3 is 1.25 bits per heavy atom. The molecule has 458 valence electrons. The van der Waals surface area contributed by atoms with E-state index in [0.717, 1.165) is 23.5 Å². The summed E-state index contributed by atoms with van der Waals surface area (Å²) < 4.78 is 0. The second-order valence-corrected chi connectivity index (χ2v) is 34.4. The van der Waals surface area contributed by atoms with Crippen LogP contribution in [0.25, 0.3) is 22.3 Å². The molecule has 1 unspecified atom stereocenters. The standard InChI is InChI=1S/C87H88BN3Si/c1-59-37-54-77(59)90(68-48-42-64(43-49-68)86(8,9)10)69-50-52-75-78(57-69)91(83-73(60-27-18-14-19-28-60)35-26-36-74(83)61-29-20-15-21-30-61)79-55-65(87(11,12)13)56-81-82(79)88(75)76-53-51-70(58-80(76)92(81,71-31-22-16-23-32-71)72-33-24-17-25-34-72)89(66-44-38-62(39-45-66)84(2,3)4)67-46-40-63(41-47-67)85(5,6)7/h14-36,38-53,55-59,77H,37,54H2,1-13H3/t59-,77?/m0/s1. The Kier molecular flexibility index (Phi) is 15.2. The van der Waals surface area contributed by atoms with Crippen LogP contribution in [0.2, 0.25) is 0 Å². The van der Waals surface area contributed by atoms with E-state index in [9.17, 15) is 0 Å². The van der Waals surface area contributed by atoms with E-state index in [-0.39, 0.29) is 28.4 Å². The number of nitrogens with zero attached hydrogens (tertiary/aromatic N) is 3. The Bertz CT molecular complexity index is 4340. The van der Waals surface area contributed by atoms with Gasteiger partial charge in [-0.05, 0) is 172 Å². The van der Waals surface area contributed by atoms with Crippen LogP contribution in [0.1, 0.15) is 125 Å². The molecule has 3 nitrogen and oxygen atoms in total. The second-order valence-electron chi connectivity index (χ2n) is 30.6. The van der Waals surface area contributed by atoms with Crippen LogP contribution >= 0.6 is 0 Å². The van der Waals surface area contributed by atoms with Crippen molar-refractivity contribution in [2.45, 2.75) is 131 Å². The van der Waals surface area contributed by atoms with Gasteiger partial charge in [-0.25, -0.2) is 0 Å². The number of hydrogen-bond donors (Lipinski definition) is 0. The lowest BCUT2D eigenvalue weighted by molar-refractivity contribution is 0.279. The molecule has 14 rings (SSSR count). The van der Waals surface area contributed by atoms with E-state index in [1.165, 1.54) is 117 Å². The van der Waals surface area contributed by atoms with Crippen LogP contribution in [-0.2, 0) is 21.7 Å². The van der Waals surface area contributed by atoms with Crippen molar-refractivity contribution in [2.75, 3.05) is 14.7 Å². The van der Waals surface area contributed by atoms with Crippen molar-refractivity contribution in [1.82, 2.24) is 0 Å². The summed E-state index contributed by atoms with van der Waals surface area (Å²) in [5.74, 6) is 0.534. The lowest BCUT2D eigenvalue weighted by Crippen LogP contribution is -2.87. The van der Waals surface area contributed by atoms with Gasteiger partial charge in [-0.2, -0.15) is 0 Å². The highest BCUT2D eigenvalue weighted by atomic mass is 28.3. The Balaban J connectivity index is 1.13. The van der Waals surface area contributed by atoms with Gasteiger partial charge in [-0.3, -0.25) is 0 Å². The molecule has 0 saturated heterocycles. The van der Waals surface area contributed by atoms with Crippen molar-refractivity contribution in [3.8, 4) is 22.3 Å². The number of para-hydroxylation sites is 1. The minimum absolute atomic E-state index is 0.00322. The average molecular weight is 1210 g/mol.